The maximum absolute atomic E-state index is 12.3. The van der Waals surface area contributed by atoms with Crippen LogP contribution in [0.1, 0.15) is 88.8 Å². The lowest BCUT2D eigenvalue weighted by molar-refractivity contribution is -0.139. The first kappa shape index (κ1) is 32.8. The van der Waals surface area contributed by atoms with Crippen LogP contribution in [-0.2, 0) is 20.8 Å². The lowest BCUT2D eigenvalue weighted by atomic mass is 9.62. The molecule has 11 nitrogen and oxygen atoms in total. The highest BCUT2D eigenvalue weighted by molar-refractivity contribution is 5.68. The van der Waals surface area contributed by atoms with E-state index in [2.05, 4.69) is 60.0 Å². The predicted molar refractivity (Wildman–Crippen MR) is 156 cm³/mol. The summed E-state index contributed by atoms with van der Waals surface area (Å²) >= 11 is 0. The summed E-state index contributed by atoms with van der Waals surface area (Å²) in [6, 6.07) is 10.1. The van der Waals surface area contributed by atoms with Crippen LogP contribution in [-0.4, -0.2) is 72.5 Å². The highest BCUT2D eigenvalue weighted by Gasteiger charge is 2.55. The van der Waals surface area contributed by atoms with E-state index in [1.165, 1.54) is 5.56 Å². The fourth-order valence-corrected chi connectivity index (χ4v) is 5.25. The van der Waals surface area contributed by atoms with Crippen molar-refractivity contribution in [3.63, 3.8) is 0 Å². The van der Waals surface area contributed by atoms with Crippen molar-refractivity contribution >= 4 is 11.9 Å². The highest BCUT2D eigenvalue weighted by atomic mass is 16.5. The molecule has 228 valence electrons. The molecule has 0 spiro atoms. The van der Waals surface area contributed by atoms with Crippen LogP contribution < -0.4 is 0 Å². The molecule has 4 N–H and O–H groups in total. The smallest absolute Gasteiger partial charge is 0.303 e. The Kier molecular flexibility index (Phi) is 10.2. The summed E-state index contributed by atoms with van der Waals surface area (Å²) in [4.78, 5) is 30.7. The SMILES string of the molecule is CC(C)c1ccc([C@](O)(c2cncc(-c3noc(C(C)(C)O)n3)c2)C2(C)CN(C)C2)cc1.O=C(O)CCCCC(=O)O. The van der Waals surface area contributed by atoms with Gasteiger partial charge in [0.2, 0.25) is 5.82 Å². The van der Waals surface area contributed by atoms with Gasteiger partial charge in [0.25, 0.3) is 5.89 Å². The molecular formula is C31H42N4O7. The standard InChI is InChI=1S/C25H32N4O3.C6H10O4/c1-16(2)17-7-9-19(10-8-17)25(31,24(5)14-29(6)15-24)20-11-18(12-26-13-20)21-27-22(32-28-21)23(3,4)30;7-5(8)3-1-2-4-6(9)10/h7-13,16,30-31H,14-15H2,1-6H3;1-4H2,(H,7,8)(H,9,10)/t25-;/m0./s1. The van der Waals surface area contributed by atoms with Crippen molar-refractivity contribution < 1.29 is 34.5 Å². The third-order valence-corrected chi connectivity index (χ3v) is 7.50. The molecule has 1 aliphatic heterocycles. The van der Waals surface area contributed by atoms with Crippen LogP contribution in [0.25, 0.3) is 11.4 Å². The van der Waals surface area contributed by atoms with Crippen LogP contribution in [0.5, 0.6) is 0 Å². The van der Waals surface area contributed by atoms with Gasteiger partial charge in [0, 0.05) is 54.9 Å². The largest absolute Gasteiger partial charge is 0.481 e. The van der Waals surface area contributed by atoms with Crippen molar-refractivity contribution in [2.45, 2.75) is 77.4 Å². The number of rotatable bonds is 11. The average molecular weight is 583 g/mol. The van der Waals surface area contributed by atoms with Crippen molar-refractivity contribution in [1.82, 2.24) is 20.0 Å². The Hall–Kier alpha value is -3.67. The number of likely N-dealkylation sites (tertiary alicyclic amines) is 1. The third-order valence-electron chi connectivity index (χ3n) is 7.50. The molecular weight excluding hydrogens is 540 g/mol. The number of unbranched alkanes of at least 4 members (excludes halogenated alkanes) is 1. The lowest BCUT2D eigenvalue weighted by Crippen LogP contribution is -2.63. The van der Waals surface area contributed by atoms with Gasteiger partial charge < -0.3 is 29.8 Å². The van der Waals surface area contributed by atoms with E-state index >= 15 is 0 Å². The van der Waals surface area contributed by atoms with Gasteiger partial charge in [-0.05, 0) is 56.8 Å². The number of hydrogen-bond acceptors (Lipinski definition) is 9. The van der Waals surface area contributed by atoms with Crippen LogP contribution in [0, 0.1) is 5.41 Å². The van der Waals surface area contributed by atoms with Gasteiger partial charge in [0.1, 0.15) is 11.2 Å². The van der Waals surface area contributed by atoms with E-state index in [0.29, 0.717) is 35.7 Å². The monoisotopic (exact) mass is 582 g/mol. The molecule has 4 rings (SSSR count). The Bertz CT molecular complexity index is 1340. The first-order valence-electron chi connectivity index (χ1n) is 14.0. The summed E-state index contributed by atoms with van der Waals surface area (Å²) in [5, 5.41) is 42.7. The van der Waals surface area contributed by atoms with Gasteiger partial charge in [-0.15, -0.1) is 0 Å². The summed E-state index contributed by atoms with van der Waals surface area (Å²) in [6.45, 7) is 11.1. The van der Waals surface area contributed by atoms with Gasteiger partial charge in [-0.25, -0.2) is 0 Å². The zero-order valence-corrected chi connectivity index (χ0v) is 25.2. The van der Waals surface area contributed by atoms with E-state index in [4.69, 9.17) is 14.7 Å². The molecule has 0 bridgehead atoms. The average Bonchev–Trinajstić information content (AvgIpc) is 3.42. The molecule has 3 heterocycles. The lowest BCUT2D eigenvalue weighted by Gasteiger charge is -2.55. The van der Waals surface area contributed by atoms with Crippen LogP contribution in [0.3, 0.4) is 0 Å². The van der Waals surface area contributed by atoms with Gasteiger partial charge >= 0.3 is 11.9 Å². The highest BCUT2D eigenvalue weighted by Crippen LogP contribution is 2.50. The number of pyridine rings is 1. The summed E-state index contributed by atoms with van der Waals surface area (Å²) in [5.41, 5.74) is 0.482. The van der Waals surface area contributed by atoms with Crippen LogP contribution in [0.2, 0.25) is 0 Å². The minimum atomic E-state index is -1.25. The number of hydrogen-bond donors (Lipinski definition) is 4. The predicted octanol–water partition coefficient (Wildman–Crippen LogP) is 4.39. The molecule has 0 unspecified atom stereocenters. The first-order chi connectivity index (χ1) is 19.6. The number of aromatic nitrogens is 3. The molecule has 3 aromatic rings. The quantitative estimate of drug-likeness (QED) is 0.236. The number of benzene rings is 1. The van der Waals surface area contributed by atoms with Crippen molar-refractivity contribution in [1.29, 1.82) is 0 Å². The molecule has 2 aromatic heterocycles. The van der Waals surface area contributed by atoms with Crippen molar-refractivity contribution in [3.05, 3.63) is 65.3 Å². The van der Waals surface area contributed by atoms with Crippen molar-refractivity contribution in [3.8, 4) is 11.4 Å². The maximum atomic E-state index is 12.3. The third kappa shape index (κ3) is 7.58. The Morgan fingerprint density at radius 1 is 1.00 bits per heavy atom. The molecule has 0 saturated carbocycles. The summed E-state index contributed by atoms with van der Waals surface area (Å²) in [5.74, 6) is -0.874. The van der Waals surface area contributed by atoms with Gasteiger partial charge in [-0.3, -0.25) is 14.6 Å². The maximum Gasteiger partial charge on any atom is 0.303 e. The number of carboxylic acid groups (broad SMARTS) is 2. The van der Waals surface area contributed by atoms with Gasteiger partial charge in [-0.2, -0.15) is 4.98 Å². The van der Waals surface area contributed by atoms with E-state index in [1.807, 2.05) is 18.2 Å². The van der Waals surface area contributed by atoms with Crippen LogP contribution >= 0.6 is 0 Å². The fourth-order valence-electron chi connectivity index (χ4n) is 5.25. The molecule has 1 aromatic carbocycles. The molecule has 1 atom stereocenters. The Morgan fingerprint density at radius 3 is 2.02 bits per heavy atom. The van der Waals surface area contributed by atoms with Crippen molar-refractivity contribution in [2.75, 3.05) is 20.1 Å². The minimum Gasteiger partial charge on any atom is -0.481 e. The molecule has 0 radical (unpaired) electrons. The number of carbonyl (C=O) groups is 2. The van der Waals surface area contributed by atoms with Gasteiger partial charge in [-0.1, -0.05) is 50.2 Å². The zero-order chi connectivity index (χ0) is 31.3. The van der Waals surface area contributed by atoms with E-state index in [0.717, 1.165) is 18.7 Å². The summed E-state index contributed by atoms with van der Waals surface area (Å²) < 4.78 is 5.23. The zero-order valence-electron chi connectivity index (χ0n) is 25.2. The normalized spacial score (nSPS) is 16.2. The number of nitrogens with zero attached hydrogens (tertiary/aromatic N) is 4. The topological polar surface area (TPSA) is 170 Å². The summed E-state index contributed by atoms with van der Waals surface area (Å²) in [7, 11) is 2.05. The molecule has 1 fully saturated rings. The van der Waals surface area contributed by atoms with Crippen LogP contribution in [0.15, 0.2) is 47.2 Å². The van der Waals surface area contributed by atoms with Crippen molar-refractivity contribution in [2.24, 2.45) is 5.41 Å². The molecule has 0 aliphatic carbocycles. The molecule has 11 heteroatoms. The number of aliphatic hydroxyl groups is 2. The van der Waals surface area contributed by atoms with Crippen LogP contribution in [0.4, 0.5) is 0 Å². The molecule has 0 amide bonds. The molecule has 1 aliphatic rings. The first-order valence-corrected chi connectivity index (χ1v) is 14.0. The Balaban J connectivity index is 0.000000416. The fraction of sp³-hybridized carbons (Fsp3) is 0.516. The van der Waals surface area contributed by atoms with E-state index in [1.54, 1.807) is 26.2 Å². The van der Waals surface area contributed by atoms with Gasteiger partial charge in [0.05, 0.1) is 0 Å². The molecule has 1 saturated heterocycles. The second-order valence-corrected chi connectivity index (χ2v) is 12.2. The number of aliphatic carboxylic acids is 2. The summed E-state index contributed by atoms with van der Waals surface area (Å²) in [6.07, 6.45) is 4.37. The van der Waals surface area contributed by atoms with E-state index < -0.39 is 28.6 Å². The Morgan fingerprint density at radius 2 is 1.57 bits per heavy atom. The second kappa shape index (κ2) is 13.1. The molecule has 42 heavy (non-hydrogen) atoms. The van der Waals surface area contributed by atoms with E-state index in [-0.39, 0.29) is 18.7 Å². The second-order valence-electron chi connectivity index (χ2n) is 12.2. The minimum absolute atomic E-state index is 0.0628. The van der Waals surface area contributed by atoms with E-state index in [9.17, 15) is 19.8 Å². The Labute approximate surface area is 246 Å². The number of carboxylic acids is 2. The van der Waals surface area contributed by atoms with Gasteiger partial charge in [0.15, 0.2) is 0 Å².